The second-order valence-corrected chi connectivity index (χ2v) is 8.62. The van der Waals surface area contributed by atoms with E-state index in [0.717, 1.165) is 11.1 Å². The summed E-state index contributed by atoms with van der Waals surface area (Å²) < 4.78 is 29.1. The van der Waals surface area contributed by atoms with Gasteiger partial charge in [-0.3, -0.25) is 4.79 Å². The summed E-state index contributed by atoms with van der Waals surface area (Å²) in [6, 6.07) is 8.99. The Bertz CT molecular complexity index is 840. The van der Waals surface area contributed by atoms with Gasteiger partial charge in [-0.1, -0.05) is 17.7 Å². The van der Waals surface area contributed by atoms with Crippen LogP contribution in [0.15, 0.2) is 41.0 Å². The van der Waals surface area contributed by atoms with Crippen molar-refractivity contribution in [2.45, 2.75) is 32.9 Å². The molecule has 128 valence electrons. The lowest BCUT2D eigenvalue weighted by molar-refractivity contribution is 0.0665. The van der Waals surface area contributed by atoms with E-state index >= 15 is 0 Å². The Morgan fingerprint density at radius 3 is 2.71 bits per heavy atom. The predicted molar refractivity (Wildman–Crippen MR) is 91.6 cm³/mol. The molecule has 6 heteroatoms. The van der Waals surface area contributed by atoms with Gasteiger partial charge >= 0.3 is 0 Å². The number of hydrogen-bond donors (Lipinski definition) is 0. The van der Waals surface area contributed by atoms with Crippen molar-refractivity contribution in [2.75, 3.05) is 11.5 Å². The average molecular weight is 347 g/mol. The summed E-state index contributed by atoms with van der Waals surface area (Å²) in [5, 5.41) is 0. The zero-order chi connectivity index (χ0) is 17.3. The first-order chi connectivity index (χ1) is 11.4. The molecule has 0 saturated carbocycles. The molecule has 1 aliphatic rings. The van der Waals surface area contributed by atoms with Crippen molar-refractivity contribution in [2.24, 2.45) is 0 Å². The lowest BCUT2D eigenvalue weighted by Crippen LogP contribution is -2.40. The first-order valence-corrected chi connectivity index (χ1v) is 9.79. The molecule has 1 unspecified atom stereocenters. The van der Waals surface area contributed by atoms with Gasteiger partial charge in [0.2, 0.25) is 0 Å². The van der Waals surface area contributed by atoms with Gasteiger partial charge in [0.05, 0.1) is 24.3 Å². The molecule has 1 atom stereocenters. The second kappa shape index (κ2) is 6.43. The molecule has 1 aliphatic heterocycles. The number of furan rings is 1. The van der Waals surface area contributed by atoms with Crippen LogP contribution in [0.5, 0.6) is 0 Å². The van der Waals surface area contributed by atoms with Crippen molar-refractivity contribution in [3.8, 4) is 0 Å². The van der Waals surface area contributed by atoms with Gasteiger partial charge in [-0.15, -0.1) is 0 Å². The van der Waals surface area contributed by atoms with E-state index in [9.17, 15) is 13.2 Å². The van der Waals surface area contributed by atoms with E-state index in [1.165, 1.54) is 0 Å². The van der Waals surface area contributed by atoms with Crippen molar-refractivity contribution in [1.82, 2.24) is 4.90 Å². The number of rotatable bonds is 4. The van der Waals surface area contributed by atoms with Gasteiger partial charge in [0, 0.05) is 11.6 Å². The van der Waals surface area contributed by atoms with E-state index in [1.54, 1.807) is 23.3 Å². The van der Waals surface area contributed by atoms with Crippen LogP contribution in [-0.2, 0) is 16.4 Å². The van der Waals surface area contributed by atoms with Crippen molar-refractivity contribution >= 4 is 15.7 Å². The summed E-state index contributed by atoms with van der Waals surface area (Å²) in [6.07, 6.45) is 2.03. The van der Waals surface area contributed by atoms with Crippen LogP contribution in [0.1, 0.15) is 33.7 Å². The topological polar surface area (TPSA) is 67.6 Å². The van der Waals surface area contributed by atoms with Crippen LogP contribution in [0, 0.1) is 13.8 Å². The van der Waals surface area contributed by atoms with Crippen LogP contribution in [0.2, 0.25) is 0 Å². The number of hydrogen-bond acceptors (Lipinski definition) is 4. The minimum Gasteiger partial charge on any atom is -0.467 e. The number of nitrogens with zero attached hydrogens (tertiary/aromatic N) is 1. The lowest BCUT2D eigenvalue weighted by atomic mass is 10.0. The highest BCUT2D eigenvalue weighted by Gasteiger charge is 2.35. The highest BCUT2D eigenvalue weighted by Crippen LogP contribution is 2.24. The monoisotopic (exact) mass is 347 g/mol. The van der Waals surface area contributed by atoms with Crippen LogP contribution in [-0.4, -0.2) is 36.8 Å². The zero-order valence-corrected chi connectivity index (χ0v) is 14.7. The van der Waals surface area contributed by atoms with Gasteiger partial charge in [0.15, 0.2) is 9.84 Å². The molecule has 1 aromatic heterocycles. The van der Waals surface area contributed by atoms with Gasteiger partial charge in [-0.2, -0.15) is 0 Å². The van der Waals surface area contributed by atoms with E-state index in [4.69, 9.17) is 4.42 Å². The van der Waals surface area contributed by atoms with Gasteiger partial charge < -0.3 is 9.32 Å². The first kappa shape index (κ1) is 16.8. The minimum atomic E-state index is -3.08. The summed E-state index contributed by atoms with van der Waals surface area (Å²) in [5.41, 5.74) is 2.50. The molecule has 1 aromatic carbocycles. The summed E-state index contributed by atoms with van der Waals surface area (Å²) in [7, 11) is -3.08. The van der Waals surface area contributed by atoms with Crippen LogP contribution in [0.4, 0.5) is 0 Å². The maximum absolute atomic E-state index is 13.1. The average Bonchev–Trinajstić information content (AvgIpc) is 3.16. The Hall–Kier alpha value is -2.08. The molecule has 2 aromatic rings. The maximum Gasteiger partial charge on any atom is 0.254 e. The third-order valence-electron chi connectivity index (χ3n) is 4.44. The fourth-order valence-electron chi connectivity index (χ4n) is 3.08. The third kappa shape index (κ3) is 3.53. The van der Waals surface area contributed by atoms with Crippen molar-refractivity contribution in [3.63, 3.8) is 0 Å². The van der Waals surface area contributed by atoms with Gasteiger partial charge in [0.1, 0.15) is 5.76 Å². The maximum atomic E-state index is 13.1. The Kier molecular flexibility index (Phi) is 4.49. The predicted octanol–water partition coefficient (Wildman–Crippen LogP) is 2.73. The summed E-state index contributed by atoms with van der Waals surface area (Å²) in [6.45, 7) is 4.11. The highest BCUT2D eigenvalue weighted by molar-refractivity contribution is 7.91. The Labute approximate surface area is 142 Å². The number of carbonyl (C=O) groups is 1. The SMILES string of the molecule is Cc1ccc(C)c(C(=O)N(Cc2ccco2)C2CCS(=O)(=O)C2)c1. The molecule has 0 aliphatic carbocycles. The second-order valence-electron chi connectivity index (χ2n) is 6.39. The van der Waals surface area contributed by atoms with Crippen molar-refractivity contribution in [1.29, 1.82) is 0 Å². The summed E-state index contributed by atoms with van der Waals surface area (Å²) >= 11 is 0. The molecule has 1 amide bonds. The van der Waals surface area contributed by atoms with Crippen molar-refractivity contribution < 1.29 is 17.6 Å². The van der Waals surface area contributed by atoms with Gasteiger partial charge in [-0.25, -0.2) is 8.42 Å². The molecule has 0 bridgehead atoms. The van der Waals surface area contributed by atoms with Crippen LogP contribution >= 0.6 is 0 Å². The first-order valence-electron chi connectivity index (χ1n) is 7.97. The molecule has 1 saturated heterocycles. The molecule has 3 rings (SSSR count). The number of benzene rings is 1. The number of carbonyl (C=O) groups excluding carboxylic acids is 1. The number of aryl methyl sites for hydroxylation is 2. The van der Waals surface area contributed by atoms with E-state index < -0.39 is 9.84 Å². The molecule has 24 heavy (non-hydrogen) atoms. The van der Waals surface area contributed by atoms with E-state index in [1.807, 2.05) is 32.0 Å². The van der Waals surface area contributed by atoms with Crippen LogP contribution < -0.4 is 0 Å². The van der Waals surface area contributed by atoms with Crippen LogP contribution in [0.3, 0.4) is 0 Å². The standard InChI is InChI=1S/C18H21NO4S/c1-13-5-6-14(2)17(10-13)18(20)19(11-16-4-3-8-23-16)15-7-9-24(21,22)12-15/h3-6,8,10,15H,7,9,11-12H2,1-2H3. The molecular weight excluding hydrogens is 326 g/mol. The lowest BCUT2D eigenvalue weighted by Gasteiger charge is -2.28. The molecule has 2 heterocycles. The van der Waals surface area contributed by atoms with E-state index in [0.29, 0.717) is 17.7 Å². The fraction of sp³-hybridized carbons (Fsp3) is 0.389. The number of sulfone groups is 1. The molecule has 0 radical (unpaired) electrons. The zero-order valence-electron chi connectivity index (χ0n) is 13.9. The van der Waals surface area contributed by atoms with E-state index in [-0.39, 0.29) is 30.0 Å². The van der Waals surface area contributed by atoms with E-state index in [2.05, 4.69) is 0 Å². The summed E-state index contributed by atoms with van der Waals surface area (Å²) in [5.74, 6) is 0.657. The number of amides is 1. The normalized spacial score (nSPS) is 19.3. The third-order valence-corrected chi connectivity index (χ3v) is 6.19. The Morgan fingerprint density at radius 1 is 1.29 bits per heavy atom. The van der Waals surface area contributed by atoms with Crippen molar-refractivity contribution in [3.05, 3.63) is 59.0 Å². The molecule has 1 fully saturated rings. The minimum absolute atomic E-state index is 0.0182. The fourth-order valence-corrected chi connectivity index (χ4v) is 4.81. The Balaban J connectivity index is 1.94. The largest absolute Gasteiger partial charge is 0.467 e. The summed E-state index contributed by atoms with van der Waals surface area (Å²) in [4.78, 5) is 14.8. The molecule has 0 spiro atoms. The highest BCUT2D eigenvalue weighted by atomic mass is 32.2. The molecule has 0 N–H and O–H groups in total. The molecule has 5 nitrogen and oxygen atoms in total. The van der Waals surface area contributed by atoms with Crippen LogP contribution in [0.25, 0.3) is 0 Å². The smallest absolute Gasteiger partial charge is 0.254 e. The Morgan fingerprint density at radius 2 is 2.08 bits per heavy atom. The van der Waals surface area contributed by atoms with Gasteiger partial charge in [-0.05, 0) is 44.0 Å². The quantitative estimate of drug-likeness (QED) is 0.853. The van der Waals surface area contributed by atoms with Gasteiger partial charge in [0.25, 0.3) is 5.91 Å². The molecular formula is C18H21NO4S.